The monoisotopic (exact) mass is 282 g/mol. The van der Waals surface area contributed by atoms with Crippen molar-refractivity contribution < 1.29 is 18.3 Å². The minimum absolute atomic E-state index is 0.0197. The van der Waals surface area contributed by atoms with Gasteiger partial charge in [0.05, 0.1) is 0 Å². The first-order chi connectivity index (χ1) is 9.65. The van der Waals surface area contributed by atoms with Gasteiger partial charge in [-0.25, -0.2) is 0 Å². The molecule has 1 aromatic rings. The Morgan fingerprint density at radius 1 is 1.45 bits per heavy atom. The molecule has 0 aromatic heterocycles. The minimum atomic E-state index is -2.90. The molecule has 2 rings (SSSR count). The molecule has 1 amide bonds. The van der Waals surface area contributed by atoms with E-state index in [4.69, 9.17) is 0 Å². The van der Waals surface area contributed by atoms with Crippen molar-refractivity contribution in [2.24, 2.45) is 0 Å². The van der Waals surface area contributed by atoms with Crippen LogP contribution >= 0.6 is 0 Å². The lowest BCUT2D eigenvalue weighted by molar-refractivity contribution is -0.0498. The van der Waals surface area contributed by atoms with E-state index in [0.29, 0.717) is 12.1 Å². The van der Waals surface area contributed by atoms with Crippen LogP contribution in [0, 0.1) is 0 Å². The van der Waals surface area contributed by atoms with E-state index in [1.54, 1.807) is 6.07 Å². The third-order valence-corrected chi connectivity index (χ3v) is 2.96. The number of hydrogen-bond donors (Lipinski definition) is 2. The first kappa shape index (κ1) is 14.5. The number of alkyl halides is 2. The highest BCUT2D eigenvalue weighted by Crippen LogP contribution is 2.16. The normalized spacial score (nSPS) is 14.8. The van der Waals surface area contributed by atoms with E-state index in [9.17, 15) is 13.6 Å². The molecular formula is C14H16F2N2O2. The standard InChI is InChI=1S/C14H16F2N2O2/c15-14(16)20-12-3-1-2-11(8-12)13(19)18-9-10-4-6-17-7-5-10/h1-4,8,14,17H,5-7,9H2,(H,18,19). The first-order valence-electron chi connectivity index (χ1n) is 6.37. The fourth-order valence-corrected chi connectivity index (χ4v) is 1.94. The van der Waals surface area contributed by atoms with Gasteiger partial charge in [0, 0.05) is 18.7 Å². The maximum atomic E-state index is 12.1. The van der Waals surface area contributed by atoms with Gasteiger partial charge in [0.1, 0.15) is 5.75 Å². The Balaban J connectivity index is 1.93. The molecule has 0 saturated carbocycles. The van der Waals surface area contributed by atoms with Crippen LogP contribution in [0.2, 0.25) is 0 Å². The quantitative estimate of drug-likeness (QED) is 0.811. The third kappa shape index (κ3) is 4.31. The largest absolute Gasteiger partial charge is 0.435 e. The number of halogens is 2. The van der Waals surface area contributed by atoms with Gasteiger partial charge in [-0.05, 0) is 31.2 Å². The fraction of sp³-hybridized carbons (Fsp3) is 0.357. The molecule has 108 valence electrons. The molecule has 0 saturated heterocycles. The zero-order valence-corrected chi connectivity index (χ0v) is 10.9. The van der Waals surface area contributed by atoms with Gasteiger partial charge in [0.25, 0.3) is 5.91 Å². The minimum Gasteiger partial charge on any atom is -0.435 e. The highest BCUT2D eigenvalue weighted by Gasteiger charge is 2.10. The van der Waals surface area contributed by atoms with E-state index in [-0.39, 0.29) is 11.7 Å². The summed E-state index contributed by atoms with van der Waals surface area (Å²) in [6.45, 7) is -0.712. The zero-order valence-electron chi connectivity index (χ0n) is 10.9. The summed E-state index contributed by atoms with van der Waals surface area (Å²) in [6, 6.07) is 5.76. The van der Waals surface area contributed by atoms with Crippen molar-refractivity contribution >= 4 is 5.91 Å². The summed E-state index contributed by atoms with van der Waals surface area (Å²) in [6.07, 6.45) is 2.94. The summed E-state index contributed by atoms with van der Waals surface area (Å²) >= 11 is 0. The van der Waals surface area contributed by atoms with Crippen LogP contribution in [0.1, 0.15) is 16.8 Å². The molecule has 1 aliphatic rings. The molecule has 0 aliphatic carbocycles. The molecule has 4 nitrogen and oxygen atoms in total. The van der Waals surface area contributed by atoms with E-state index in [1.807, 2.05) is 6.08 Å². The van der Waals surface area contributed by atoms with Gasteiger partial charge < -0.3 is 15.4 Å². The number of benzene rings is 1. The Kier molecular flexibility index (Phi) is 5.06. The van der Waals surface area contributed by atoms with Gasteiger partial charge in [-0.3, -0.25) is 4.79 Å². The van der Waals surface area contributed by atoms with Crippen molar-refractivity contribution in [3.63, 3.8) is 0 Å². The third-order valence-electron chi connectivity index (χ3n) is 2.96. The average molecular weight is 282 g/mol. The number of amides is 1. The van der Waals surface area contributed by atoms with Crippen LogP contribution < -0.4 is 15.4 Å². The van der Waals surface area contributed by atoms with Crippen molar-refractivity contribution in [2.75, 3.05) is 19.6 Å². The molecule has 0 bridgehead atoms. The second-order valence-corrected chi connectivity index (χ2v) is 4.41. The molecule has 0 radical (unpaired) electrons. The summed E-state index contributed by atoms with van der Waals surface area (Å²) in [4.78, 5) is 11.9. The molecule has 20 heavy (non-hydrogen) atoms. The summed E-state index contributed by atoms with van der Waals surface area (Å²) < 4.78 is 28.5. The van der Waals surface area contributed by atoms with Crippen LogP contribution in [0.3, 0.4) is 0 Å². The van der Waals surface area contributed by atoms with Crippen molar-refractivity contribution in [3.05, 3.63) is 41.5 Å². The molecule has 0 unspecified atom stereocenters. The van der Waals surface area contributed by atoms with Crippen molar-refractivity contribution in [1.29, 1.82) is 0 Å². The van der Waals surface area contributed by atoms with E-state index in [0.717, 1.165) is 25.1 Å². The second-order valence-electron chi connectivity index (χ2n) is 4.41. The lowest BCUT2D eigenvalue weighted by Crippen LogP contribution is -2.29. The molecule has 1 aliphatic heterocycles. The molecule has 0 atom stereocenters. The van der Waals surface area contributed by atoms with Crippen LogP contribution in [-0.4, -0.2) is 32.2 Å². The topological polar surface area (TPSA) is 50.4 Å². The predicted octanol–water partition coefficient (Wildman–Crippen LogP) is 1.94. The van der Waals surface area contributed by atoms with Crippen LogP contribution in [-0.2, 0) is 0 Å². The van der Waals surface area contributed by atoms with E-state index in [2.05, 4.69) is 15.4 Å². The van der Waals surface area contributed by atoms with Crippen molar-refractivity contribution in [3.8, 4) is 5.75 Å². The summed E-state index contributed by atoms with van der Waals surface area (Å²) in [5, 5.41) is 5.95. The van der Waals surface area contributed by atoms with E-state index < -0.39 is 6.61 Å². The van der Waals surface area contributed by atoms with Gasteiger partial charge in [0.2, 0.25) is 0 Å². The highest BCUT2D eigenvalue weighted by molar-refractivity contribution is 5.94. The lowest BCUT2D eigenvalue weighted by atomic mass is 10.1. The molecular weight excluding hydrogens is 266 g/mol. The number of carbonyl (C=O) groups excluding carboxylic acids is 1. The maximum Gasteiger partial charge on any atom is 0.387 e. The van der Waals surface area contributed by atoms with Gasteiger partial charge in [-0.1, -0.05) is 17.7 Å². The SMILES string of the molecule is O=C(NCC1=CCNCC1)c1cccc(OC(F)F)c1. The summed E-state index contributed by atoms with van der Waals surface area (Å²) in [5.41, 5.74) is 1.47. The van der Waals surface area contributed by atoms with Gasteiger partial charge in [-0.2, -0.15) is 8.78 Å². The molecule has 6 heteroatoms. The lowest BCUT2D eigenvalue weighted by Gasteiger charge is -2.14. The highest BCUT2D eigenvalue weighted by atomic mass is 19.3. The van der Waals surface area contributed by atoms with Crippen LogP contribution in [0.25, 0.3) is 0 Å². The number of ether oxygens (including phenoxy) is 1. The summed E-state index contributed by atoms with van der Waals surface area (Å²) in [7, 11) is 0. The molecule has 0 fully saturated rings. The zero-order chi connectivity index (χ0) is 14.4. The smallest absolute Gasteiger partial charge is 0.387 e. The van der Waals surface area contributed by atoms with Gasteiger partial charge in [-0.15, -0.1) is 0 Å². The number of nitrogens with one attached hydrogen (secondary N) is 2. The number of hydrogen-bond acceptors (Lipinski definition) is 3. The maximum absolute atomic E-state index is 12.1. The molecule has 1 heterocycles. The first-order valence-corrected chi connectivity index (χ1v) is 6.37. The molecule has 1 aromatic carbocycles. The predicted molar refractivity (Wildman–Crippen MR) is 71.0 cm³/mol. The summed E-state index contributed by atoms with van der Waals surface area (Å²) in [5.74, 6) is -0.321. The fourth-order valence-electron chi connectivity index (χ4n) is 1.94. The van der Waals surface area contributed by atoms with E-state index >= 15 is 0 Å². The Morgan fingerprint density at radius 2 is 2.30 bits per heavy atom. The Morgan fingerprint density at radius 3 is 3.00 bits per heavy atom. The average Bonchev–Trinajstić information content (AvgIpc) is 2.45. The second kappa shape index (κ2) is 7.00. The Bertz CT molecular complexity index is 504. The van der Waals surface area contributed by atoms with Crippen LogP contribution in [0.5, 0.6) is 5.75 Å². The Labute approximate surface area is 115 Å². The molecule has 2 N–H and O–H groups in total. The van der Waals surface area contributed by atoms with Crippen LogP contribution in [0.15, 0.2) is 35.9 Å². The number of rotatable bonds is 5. The Hall–Kier alpha value is -1.95. The molecule has 0 spiro atoms. The van der Waals surface area contributed by atoms with Crippen molar-refractivity contribution in [1.82, 2.24) is 10.6 Å². The van der Waals surface area contributed by atoms with Crippen molar-refractivity contribution in [2.45, 2.75) is 13.0 Å². The number of carbonyl (C=O) groups is 1. The van der Waals surface area contributed by atoms with Crippen LogP contribution in [0.4, 0.5) is 8.78 Å². The van der Waals surface area contributed by atoms with Gasteiger partial charge >= 0.3 is 6.61 Å². The van der Waals surface area contributed by atoms with Gasteiger partial charge in [0.15, 0.2) is 0 Å². The van der Waals surface area contributed by atoms with E-state index in [1.165, 1.54) is 18.2 Å².